The van der Waals surface area contributed by atoms with Crippen LogP contribution in [-0.4, -0.2) is 41.3 Å². The van der Waals surface area contributed by atoms with E-state index in [-0.39, 0.29) is 40.7 Å². The number of rotatable bonds is 3. The van der Waals surface area contributed by atoms with Crippen LogP contribution in [0, 0.1) is 0 Å². The van der Waals surface area contributed by atoms with E-state index in [4.69, 9.17) is 13.5 Å². The van der Waals surface area contributed by atoms with Gasteiger partial charge in [-0.2, -0.15) is 16.8 Å². The van der Waals surface area contributed by atoms with Crippen molar-refractivity contribution in [2.45, 2.75) is 9.79 Å². The molecule has 0 saturated heterocycles. The fourth-order valence-corrected chi connectivity index (χ4v) is 3.86. The third-order valence-corrected chi connectivity index (χ3v) is 5.58. The van der Waals surface area contributed by atoms with Gasteiger partial charge >= 0.3 is 39.7 Å². The summed E-state index contributed by atoms with van der Waals surface area (Å²) >= 11 is 0. The Morgan fingerprint density at radius 1 is 0.862 bits per heavy atom. The minimum atomic E-state index is -5.11. The van der Waals surface area contributed by atoms with Gasteiger partial charge in [0.25, 0.3) is 10.1 Å². The maximum Gasteiger partial charge on any atom is 1.00 e. The number of fused-ring (bicyclic) bond motifs is 1. The SMILES string of the molecule is O=c1c(-c2ccc(O)c(S(=O)(=O)O)c2)coc2cc(O)c(S(=O)(=O)O)c(O)c12.[Na+]. The second-order valence-corrected chi connectivity index (χ2v) is 8.31. The Bertz CT molecular complexity index is 1410. The molecule has 14 heteroatoms. The zero-order valence-electron chi connectivity index (χ0n) is 14.4. The molecule has 0 bridgehead atoms. The molecule has 0 saturated carbocycles. The number of hydrogen-bond acceptors (Lipinski definition) is 9. The van der Waals surface area contributed by atoms with Gasteiger partial charge in [0.2, 0.25) is 5.43 Å². The van der Waals surface area contributed by atoms with E-state index in [9.17, 15) is 36.9 Å². The molecule has 11 nitrogen and oxygen atoms in total. The Labute approximate surface area is 184 Å². The fraction of sp³-hybridized carbons (Fsp3) is 0. The Hall–Kier alpha value is -2.13. The first-order chi connectivity index (χ1) is 12.8. The minimum absolute atomic E-state index is 0. The van der Waals surface area contributed by atoms with Crippen LogP contribution in [-0.2, 0) is 20.2 Å². The van der Waals surface area contributed by atoms with E-state index in [0.29, 0.717) is 6.07 Å². The molecule has 5 N–H and O–H groups in total. The summed E-state index contributed by atoms with van der Waals surface area (Å²) in [6, 6.07) is 3.42. The Morgan fingerprint density at radius 3 is 2.03 bits per heavy atom. The van der Waals surface area contributed by atoms with Crippen molar-refractivity contribution >= 4 is 31.2 Å². The summed E-state index contributed by atoms with van der Waals surface area (Å²) in [5.41, 5.74) is -2.01. The van der Waals surface area contributed by atoms with Gasteiger partial charge in [-0.05, 0) is 17.7 Å². The maximum atomic E-state index is 12.7. The van der Waals surface area contributed by atoms with Gasteiger partial charge in [-0.3, -0.25) is 13.9 Å². The largest absolute Gasteiger partial charge is 1.00 e. The molecule has 0 radical (unpaired) electrons. The number of hydrogen-bond donors (Lipinski definition) is 5. The van der Waals surface area contributed by atoms with E-state index in [0.717, 1.165) is 24.5 Å². The normalized spacial score (nSPS) is 11.9. The number of benzene rings is 2. The van der Waals surface area contributed by atoms with Crippen molar-refractivity contribution in [2.24, 2.45) is 0 Å². The summed E-state index contributed by atoms with van der Waals surface area (Å²) < 4.78 is 68.7. The molecule has 0 aliphatic carbocycles. The van der Waals surface area contributed by atoms with Crippen LogP contribution < -0.4 is 35.0 Å². The molecule has 3 aromatic rings. The Morgan fingerprint density at radius 2 is 1.48 bits per heavy atom. The van der Waals surface area contributed by atoms with E-state index in [1.807, 2.05) is 0 Å². The summed E-state index contributed by atoms with van der Waals surface area (Å²) in [7, 11) is -9.94. The van der Waals surface area contributed by atoms with Crippen LogP contribution in [0.3, 0.4) is 0 Å². The van der Waals surface area contributed by atoms with E-state index in [1.54, 1.807) is 0 Å². The molecule has 0 unspecified atom stereocenters. The van der Waals surface area contributed by atoms with Gasteiger partial charge in [0.1, 0.15) is 33.6 Å². The molecule has 0 fully saturated rings. The van der Waals surface area contributed by atoms with Crippen molar-refractivity contribution < 1.29 is 75.2 Å². The van der Waals surface area contributed by atoms with Crippen LogP contribution in [0.5, 0.6) is 17.2 Å². The summed E-state index contributed by atoms with van der Waals surface area (Å²) in [6.45, 7) is 0. The minimum Gasteiger partial charge on any atom is -0.506 e. The summed E-state index contributed by atoms with van der Waals surface area (Å²) in [6.07, 6.45) is 0.830. The second kappa shape index (κ2) is 7.60. The Kier molecular flexibility index (Phi) is 6.07. The van der Waals surface area contributed by atoms with Crippen molar-refractivity contribution in [3.63, 3.8) is 0 Å². The van der Waals surface area contributed by atoms with Crippen LogP contribution in [0.1, 0.15) is 0 Å². The molecule has 148 valence electrons. The smallest absolute Gasteiger partial charge is 0.506 e. The van der Waals surface area contributed by atoms with Gasteiger partial charge < -0.3 is 19.7 Å². The number of phenolic OH excluding ortho intramolecular Hbond substituents is 3. The predicted molar refractivity (Wildman–Crippen MR) is 92.5 cm³/mol. The molecule has 3 rings (SSSR count). The third kappa shape index (κ3) is 4.11. The van der Waals surface area contributed by atoms with Crippen molar-refractivity contribution in [1.82, 2.24) is 0 Å². The standard InChI is InChI=1S/C15H10O11S2.Na/c16-8-2-1-6(3-11(8)27(20,21)22)7-5-26-10-4-9(17)15(28(23,24)25)14(19)12(10)13(7)18;/h1-5,16-17,19H,(H,20,21,22)(H,23,24,25);/q;+1. The zero-order valence-corrected chi connectivity index (χ0v) is 18.0. The molecule has 1 aromatic heterocycles. The van der Waals surface area contributed by atoms with Gasteiger partial charge in [0.05, 0.1) is 5.56 Å². The fourth-order valence-electron chi connectivity index (χ4n) is 2.58. The average Bonchev–Trinajstić information content (AvgIpc) is 2.53. The van der Waals surface area contributed by atoms with Gasteiger partial charge in [-0.25, -0.2) is 0 Å². The Balaban J connectivity index is 0.00000300. The molecule has 29 heavy (non-hydrogen) atoms. The van der Waals surface area contributed by atoms with Crippen LogP contribution in [0.15, 0.2) is 49.5 Å². The second-order valence-electron chi connectivity index (χ2n) is 5.56. The molecule has 0 aliphatic rings. The zero-order chi connectivity index (χ0) is 21.0. The van der Waals surface area contributed by atoms with Crippen LogP contribution in [0.4, 0.5) is 0 Å². The van der Waals surface area contributed by atoms with Crippen molar-refractivity contribution in [3.05, 3.63) is 40.8 Å². The number of phenols is 3. The van der Waals surface area contributed by atoms with Gasteiger partial charge in [0.15, 0.2) is 10.6 Å². The first-order valence-electron chi connectivity index (χ1n) is 7.11. The molecular formula is C15H10NaO11S2+. The summed E-state index contributed by atoms with van der Waals surface area (Å²) in [5, 5.41) is 28.6. The van der Waals surface area contributed by atoms with Crippen LogP contribution in [0.25, 0.3) is 22.1 Å². The van der Waals surface area contributed by atoms with Crippen molar-refractivity contribution in [2.75, 3.05) is 0 Å². The van der Waals surface area contributed by atoms with E-state index >= 15 is 0 Å². The molecule has 0 amide bonds. The van der Waals surface area contributed by atoms with Crippen molar-refractivity contribution in [1.29, 1.82) is 0 Å². The van der Waals surface area contributed by atoms with Gasteiger partial charge in [-0.1, -0.05) is 6.07 Å². The third-order valence-electron chi connectivity index (χ3n) is 3.78. The molecular weight excluding hydrogens is 443 g/mol. The van der Waals surface area contributed by atoms with Gasteiger partial charge in [0, 0.05) is 6.07 Å². The monoisotopic (exact) mass is 453 g/mol. The maximum absolute atomic E-state index is 12.7. The average molecular weight is 453 g/mol. The molecule has 1 heterocycles. The molecule has 0 atom stereocenters. The quantitative estimate of drug-likeness (QED) is 0.219. The van der Waals surface area contributed by atoms with Gasteiger partial charge in [-0.15, -0.1) is 0 Å². The first kappa shape index (κ1) is 23.2. The van der Waals surface area contributed by atoms with Crippen LogP contribution in [0.2, 0.25) is 0 Å². The van der Waals surface area contributed by atoms with E-state index in [2.05, 4.69) is 0 Å². The predicted octanol–water partition coefficient (Wildman–Crippen LogP) is -1.93. The van der Waals surface area contributed by atoms with E-state index in [1.165, 1.54) is 0 Å². The summed E-state index contributed by atoms with van der Waals surface area (Å²) in [4.78, 5) is 10.5. The topological polar surface area (TPSA) is 200 Å². The molecule has 0 spiro atoms. The van der Waals surface area contributed by atoms with Crippen LogP contribution >= 0.6 is 0 Å². The number of aromatic hydroxyl groups is 3. The van der Waals surface area contributed by atoms with Crippen molar-refractivity contribution in [3.8, 4) is 28.4 Å². The summed E-state index contributed by atoms with van der Waals surface area (Å²) in [5.74, 6) is -3.14. The van der Waals surface area contributed by atoms with E-state index < -0.39 is 63.7 Å². The first-order valence-corrected chi connectivity index (χ1v) is 9.99. The molecule has 2 aromatic carbocycles. The molecule has 0 aliphatic heterocycles.